The van der Waals surface area contributed by atoms with Gasteiger partial charge in [0.15, 0.2) is 0 Å². The highest BCUT2D eigenvalue weighted by Gasteiger charge is 2.38. The minimum atomic E-state index is -0.681. The molecule has 0 spiro atoms. The van der Waals surface area contributed by atoms with E-state index in [9.17, 15) is 9.90 Å². The van der Waals surface area contributed by atoms with Crippen LogP contribution in [0.3, 0.4) is 0 Å². The summed E-state index contributed by atoms with van der Waals surface area (Å²) >= 11 is 0. The molecule has 2 heterocycles. The zero-order chi connectivity index (χ0) is 13.9. The lowest BCUT2D eigenvalue weighted by molar-refractivity contribution is -0.142. The number of piperidine rings is 1. The second-order valence-corrected chi connectivity index (χ2v) is 6.09. The van der Waals surface area contributed by atoms with Gasteiger partial charge in [0.25, 0.3) is 0 Å². The van der Waals surface area contributed by atoms with Gasteiger partial charge in [0, 0.05) is 35.1 Å². The van der Waals surface area contributed by atoms with Gasteiger partial charge in [0.05, 0.1) is 5.92 Å². The van der Waals surface area contributed by atoms with Crippen LogP contribution in [0.25, 0.3) is 10.9 Å². The molecule has 104 valence electrons. The van der Waals surface area contributed by atoms with Crippen LogP contribution in [0, 0.1) is 12.8 Å². The average molecular weight is 270 g/mol. The van der Waals surface area contributed by atoms with Crippen molar-refractivity contribution in [1.82, 2.24) is 10.3 Å². The number of fused-ring (bicyclic) bond motifs is 2. The van der Waals surface area contributed by atoms with Gasteiger partial charge in [0.2, 0.25) is 0 Å². The topological polar surface area (TPSA) is 65.1 Å². The number of carbonyl (C=O) groups is 1. The van der Waals surface area contributed by atoms with E-state index < -0.39 is 5.97 Å². The summed E-state index contributed by atoms with van der Waals surface area (Å²) in [5.41, 5.74) is 5.15. The molecule has 20 heavy (non-hydrogen) atoms. The number of carboxylic acids is 1. The van der Waals surface area contributed by atoms with E-state index in [-0.39, 0.29) is 5.92 Å². The van der Waals surface area contributed by atoms with Crippen LogP contribution in [0.2, 0.25) is 0 Å². The van der Waals surface area contributed by atoms with Crippen molar-refractivity contribution in [3.05, 3.63) is 35.0 Å². The van der Waals surface area contributed by atoms with Crippen LogP contribution in [0.4, 0.5) is 0 Å². The van der Waals surface area contributed by atoms with Gasteiger partial charge in [0.1, 0.15) is 0 Å². The molecule has 1 fully saturated rings. The lowest BCUT2D eigenvalue weighted by Crippen LogP contribution is -2.48. The average Bonchev–Trinajstić information content (AvgIpc) is 2.76. The number of aromatic nitrogens is 1. The monoisotopic (exact) mass is 270 g/mol. The maximum Gasteiger partial charge on any atom is 0.307 e. The van der Waals surface area contributed by atoms with Crippen LogP contribution in [-0.4, -0.2) is 28.6 Å². The molecule has 3 atom stereocenters. The maximum atomic E-state index is 11.3. The largest absolute Gasteiger partial charge is 0.481 e. The second-order valence-electron chi connectivity index (χ2n) is 6.09. The number of benzene rings is 1. The van der Waals surface area contributed by atoms with Gasteiger partial charge >= 0.3 is 5.97 Å². The van der Waals surface area contributed by atoms with Crippen molar-refractivity contribution in [3.63, 3.8) is 0 Å². The van der Waals surface area contributed by atoms with Crippen LogP contribution in [-0.2, 0) is 11.2 Å². The standard InChI is InChI=1S/C16H18N2O2/c1-8-11-6-14-12(5-9(7-17-14)16(19)20)10-3-2-4-13(18-8)15(10)11/h2-4,9,12,14,17-18H,5-7H2,1H3,(H,19,20)/t9-,12-,14-/m1/s1. The Morgan fingerprint density at radius 3 is 3.05 bits per heavy atom. The highest BCUT2D eigenvalue weighted by Crippen LogP contribution is 2.42. The van der Waals surface area contributed by atoms with Crippen molar-refractivity contribution in [3.8, 4) is 0 Å². The Morgan fingerprint density at radius 1 is 1.40 bits per heavy atom. The molecule has 0 saturated carbocycles. The third-order valence-corrected chi connectivity index (χ3v) is 5.00. The molecule has 0 bridgehead atoms. The van der Waals surface area contributed by atoms with E-state index in [0.717, 1.165) is 12.8 Å². The number of hydrogen-bond donors (Lipinski definition) is 3. The van der Waals surface area contributed by atoms with Crippen molar-refractivity contribution in [2.24, 2.45) is 5.92 Å². The Labute approximate surface area is 117 Å². The Hall–Kier alpha value is -1.81. The lowest BCUT2D eigenvalue weighted by Gasteiger charge is -2.39. The summed E-state index contributed by atoms with van der Waals surface area (Å²) in [4.78, 5) is 14.7. The van der Waals surface area contributed by atoms with Gasteiger partial charge in [-0.3, -0.25) is 4.79 Å². The smallest absolute Gasteiger partial charge is 0.307 e. The summed E-state index contributed by atoms with van der Waals surface area (Å²) in [6, 6.07) is 6.73. The summed E-state index contributed by atoms with van der Waals surface area (Å²) < 4.78 is 0. The predicted molar refractivity (Wildman–Crippen MR) is 77.0 cm³/mol. The minimum absolute atomic E-state index is 0.270. The molecule has 4 heteroatoms. The van der Waals surface area contributed by atoms with Gasteiger partial charge < -0.3 is 15.4 Å². The fourth-order valence-electron chi connectivity index (χ4n) is 4.00. The summed E-state index contributed by atoms with van der Waals surface area (Å²) in [6.07, 6.45) is 1.75. The second kappa shape index (κ2) is 4.09. The van der Waals surface area contributed by atoms with Crippen LogP contribution in [0.5, 0.6) is 0 Å². The molecule has 0 amide bonds. The molecular formula is C16H18N2O2. The van der Waals surface area contributed by atoms with Crippen LogP contribution >= 0.6 is 0 Å². The molecule has 1 saturated heterocycles. The molecule has 2 aliphatic rings. The van der Waals surface area contributed by atoms with Gasteiger partial charge in [-0.25, -0.2) is 0 Å². The van der Waals surface area contributed by atoms with Crippen LogP contribution < -0.4 is 5.32 Å². The molecular weight excluding hydrogens is 252 g/mol. The molecule has 1 aliphatic heterocycles. The Morgan fingerprint density at radius 2 is 2.25 bits per heavy atom. The van der Waals surface area contributed by atoms with Crippen molar-refractivity contribution in [2.45, 2.75) is 31.7 Å². The number of carboxylic acid groups (broad SMARTS) is 1. The number of nitrogens with one attached hydrogen (secondary N) is 2. The maximum absolute atomic E-state index is 11.3. The van der Waals surface area contributed by atoms with E-state index in [1.54, 1.807) is 0 Å². The number of aryl methyl sites for hydroxylation is 1. The van der Waals surface area contributed by atoms with Gasteiger partial charge in [-0.2, -0.15) is 0 Å². The van der Waals surface area contributed by atoms with Crippen molar-refractivity contribution in [1.29, 1.82) is 0 Å². The molecule has 4 nitrogen and oxygen atoms in total. The minimum Gasteiger partial charge on any atom is -0.481 e. The number of aromatic amines is 1. The van der Waals surface area contributed by atoms with E-state index in [1.807, 2.05) is 0 Å². The first-order valence-electron chi connectivity index (χ1n) is 7.21. The third-order valence-electron chi connectivity index (χ3n) is 5.00. The first-order valence-corrected chi connectivity index (χ1v) is 7.21. The van der Waals surface area contributed by atoms with E-state index in [1.165, 1.54) is 27.7 Å². The predicted octanol–water partition coefficient (Wildman–Crippen LogP) is 2.18. The van der Waals surface area contributed by atoms with Gasteiger partial charge in [-0.15, -0.1) is 0 Å². The fourth-order valence-corrected chi connectivity index (χ4v) is 4.00. The molecule has 3 N–H and O–H groups in total. The van der Waals surface area contributed by atoms with Crippen molar-refractivity contribution < 1.29 is 9.90 Å². The van der Waals surface area contributed by atoms with E-state index in [0.29, 0.717) is 18.5 Å². The molecule has 4 rings (SSSR count). The zero-order valence-electron chi connectivity index (χ0n) is 11.4. The highest BCUT2D eigenvalue weighted by atomic mass is 16.4. The van der Waals surface area contributed by atoms with Crippen LogP contribution in [0.1, 0.15) is 29.2 Å². The molecule has 1 aliphatic carbocycles. The molecule has 0 radical (unpaired) electrons. The first kappa shape index (κ1) is 12.0. The van der Waals surface area contributed by atoms with E-state index >= 15 is 0 Å². The van der Waals surface area contributed by atoms with E-state index in [2.05, 4.69) is 35.4 Å². The molecule has 1 aromatic heterocycles. The Balaban J connectivity index is 1.86. The summed E-state index contributed by atoms with van der Waals surface area (Å²) in [5.74, 6) is -0.636. The SMILES string of the molecule is Cc1[nH]c2cccc3c2c1C[C@H]1NC[C@H](C(=O)O)C[C@H]31. The highest BCUT2D eigenvalue weighted by molar-refractivity contribution is 5.89. The van der Waals surface area contributed by atoms with E-state index in [4.69, 9.17) is 0 Å². The Bertz CT molecular complexity index is 704. The fraction of sp³-hybridized carbons (Fsp3) is 0.438. The zero-order valence-corrected chi connectivity index (χ0v) is 11.4. The normalized spacial score (nSPS) is 28.4. The number of H-pyrrole nitrogens is 1. The summed E-state index contributed by atoms with van der Waals surface area (Å²) in [5, 5.41) is 14.1. The van der Waals surface area contributed by atoms with Crippen molar-refractivity contribution in [2.75, 3.05) is 6.54 Å². The van der Waals surface area contributed by atoms with Crippen LogP contribution in [0.15, 0.2) is 18.2 Å². The number of aliphatic carboxylic acids is 1. The Kier molecular flexibility index (Phi) is 2.45. The van der Waals surface area contributed by atoms with Gasteiger partial charge in [-0.05, 0) is 37.0 Å². The van der Waals surface area contributed by atoms with Crippen molar-refractivity contribution >= 4 is 16.9 Å². The molecule has 1 aromatic carbocycles. The summed E-state index contributed by atoms with van der Waals surface area (Å²) in [6.45, 7) is 2.72. The molecule has 2 aromatic rings. The first-order chi connectivity index (χ1) is 9.65. The number of rotatable bonds is 1. The summed E-state index contributed by atoms with van der Waals surface area (Å²) in [7, 11) is 0. The van der Waals surface area contributed by atoms with Gasteiger partial charge in [-0.1, -0.05) is 12.1 Å². The third kappa shape index (κ3) is 1.54. The lowest BCUT2D eigenvalue weighted by atomic mass is 9.73. The molecule has 0 unspecified atom stereocenters. The quantitative estimate of drug-likeness (QED) is 0.744. The number of hydrogen-bond acceptors (Lipinski definition) is 2.